The van der Waals surface area contributed by atoms with Gasteiger partial charge in [-0.2, -0.15) is 0 Å². The molecule has 2 rings (SSSR count). The summed E-state index contributed by atoms with van der Waals surface area (Å²) in [5.74, 6) is 0.724. The van der Waals surface area contributed by atoms with Crippen LogP contribution in [0, 0.1) is 0 Å². The van der Waals surface area contributed by atoms with Crippen molar-refractivity contribution in [1.82, 2.24) is 20.9 Å². The van der Waals surface area contributed by atoms with Crippen LogP contribution in [0.5, 0.6) is 0 Å². The molecule has 0 aromatic heterocycles. The zero-order valence-electron chi connectivity index (χ0n) is 18.8. The number of nitrogens with one attached hydrogen (secondary N) is 3. The third kappa shape index (κ3) is 8.31. The van der Waals surface area contributed by atoms with Crippen LogP contribution in [0.3, 0.4) is 0 Å². The fourth-order valence-corrected chi connectivity index (χ4v) is 3.23. The molecule has 3 N–H and O–H groups in total. The van der Waals surface area contributed by atoms with Crippen LogP contribution in [0.25, 0.3) is 0 Å². The molecule has 1 heterocycles. The van der Waals surface area contributed by atoms with Crippen molar-refractivity contribution in [3.05, 3.63) is 35.4 Å². The number of carbonyl (C=O) groups excluding carboxylic acids is 1. The molecule has 0 radical (unpaired) electrons. The average molecular weight is 404 g/mol. The van der Waals surface area contributed by atoms with Crippen molar-refractivity contribution < 1.29 is 9.53 Å². The molecule has 0 fully saturated rings. The Hall–Kier alpha value is -2.28. The highest BCUT2D eigenvalue weighted by molar-refractivity contribution is 5.79. The van der Waals surface area contributed by atoms with Crippen molar-refractivity contribution in [2.75, 3.05) is 33.2 Å². The summed E-state index contributed by atoms with van der Waals surface area (Å²) in [5.41, 5.74) is 1.90. The van der Waals surface area contributed by atoms with Crippen molar-refractivity contribution in [1.29, 1.82) is 0 Å². The molecular formula is C22H37N5O2. The lowest BCUT2D eigenvalue weighted by molar-refractivity contribution is 0.0474. The predicted octanol–water partition coefficient (Wildman–Crippen LogP) is 2.51. The standard InChI is InChI=1S/C22H37N5O2/c1-21(2,3)29-20(28)26-22(4,5)16-25-19(23-6)24-12-14-27-13-11-17-9-7-8-10-18(17)15-27/h7-10H,11-16H2,1-6H3,(H,26,28)(H2,23,24,25). The van der Waals surface area contributed by atoms with Crippen LogP contribution in [-0.2, 0) is 17.7 Å². The first-order valence-corrected chi connectivity index (χ1v) is 10.3. The average Bonchev–Trinajstić information content (AvgIpc) is 2.62. The Morgan fingerprint density at radius 3 is 2.48 bits per heavy atom. The second-order valence-electron chi connectivity index (χ2n) is 9.16. The number of alkyl carbamates (subject to hydrolysis) is 1. The van der Waals surface area contributed by atoms with Gasteiger partial charge in [0, 0.05) is 39.8 Å². The van der Waals surface area contributed by atoms with Gasteiger partial charge in [0.2, 0.25) is 0 Å². The number of ether oxygens (including phenoxy) is 1. The van der Waals surface area contributed by atoms with Gasteiger partial charge < -0.3 is 20.7 Å². The van der Waals surface area contributed by atoms with E-state index >= 15 is 0 Å². The number of benzene rings is 1. The van der Waals surface area contributed by atoms with E-state index in [2.05, 4.69) is 50.1 Å². The highest BCUT2D eigenvalue weighted by Gasteiger charge is 2.24. The normalized spacial score (nSPS) is 15.4. The highest BCUT2D eigenvalue weighted by atomic mass is 16.6. The zero-order valence-corrected chi connectivity index (χ0v) is 18.8. The first-order chi connectivity index (χ1) is 13.6. The van der Waals surface area contributed by atoms with Gasteiger partial charge in [0.25, 0.3) is 0 Å². The quantitative estimate of drug-likeness (QED) is 0.503. The number of fused-ring (bicyclic) bond motifs is 1. The van der Waals surface area contributed by atoms with Gasteiger partial charge in [-0.3, -0.25) is 9.89 Å². The molecule has 0 saturated heterocycles. The van der Waals surface area contributed by atoms with E-state index < -0.39 is 17.2 Å². The van der Waals surface area contributed by atoms with E-state index in [9.17, 15) is 4.79 Å². The zero-order chi connectivity index (χ0) is 21.5. The molecule has 1 amide bonds. The van der Waals surface area contributed by atoms with Crippen LogP contribution in [-0.4, -0.2) is 61.3 Å². The minimum atomic E-state index is -0.514. The van der Waals surface area contributed by atoms with E-state index in [4.69, 9.17) is 4.74 Å². The van der Waals surface area contributed by atoms with Gasteiger partial charge in [0.05, 0.1) is 5.54 Å². The number of aliphatic imine (C=N–C) groups is 1. The smallest absolute Gasteiger partial charge is 0.408 e. The molecule has 7 nitrogen and oxygen atoms in total. The van der Waals surface area contributed by atoms with Gasteiger partial charge in [-0.15, -0.1) is 0 Å². The van der Waals surface area contributed by atoms with E-state index in [1.165, 1.54) is 11.1 Å². The fraction of sp³-hybridized carbons (Fsp3) is 0.636. The molecule has 1 aliphatic heterocycles. The maximum atomic E-state index is 12.0. The topological polar surface area (TPSA) is 78.0 Å². The number of carbonyl (C=O) groups is 1. The number of hydrogen-bond acceptors (Lipinski definition) is 4. The van der Waals surface area contributed by atoms with Crippen LogP contribution in [0.1, 0.15) is 45.7 Å². The number of hydrogen-bond donors (Lipinski definition) is 3. The van der Waals surface area contributed by atoms with Gasteiger partial charge in [-0.25, -0.2) is 4.79 Å². The van der Waals surface area contributed by atoms with Crippen LogP contribution >= 0.6 is 0 Å². The Morgan fingerprint density at radius 2 is 1.83 bits per heavy atom. The summed E-state index contributed by atoms with van der Waals surface area (Å²) in [6.45, 7) is 13.8. The number of nitrogens with zero attached hydrogens (tertiary/aromatic N) is 2. The molecule has 7 heteroatoms. The second-order valence-corrected chi connectivity index (χ2v) is 9.16. The molecule has 0 unspecified atom stereocenters. The van der Waals surface area contributed by atoms with Crippen molar-refractivity contribution in [3.63, 3.8) is 0 Å². The summed E-state index contributed by atoms with van der Waals surface area (Å²) < 4.78 is 5.33. The second kappa shape index (κ2) is 9.96. The molecule has 0 saturated carbocycles. The van der Waals surface area contributed by atoms with E-state index in [0.717, 1.165) is 38.6 Å². The van der Waals surface area contributed by atoms with Gasteiger partial charge in [0.15, 0.2) is 5.96 Å². The summed E-state index contributed by atoms with van der Waals surface area (Å²) in [4.78, 5) is 18.7. The molecule has 0 aliphatic carbocycles. The van der Waals surface area contributed by atoms with Crippen LogP contribution in [0.15, 0.2) is 29.3 Å². The fourth-order valence-electron chi connectivity index (χ4n) is 3.23. The predicted molar refractivity (Wildman–Crippen MR) is 118 cm³/mol. The number of amides is 1. The summed E-state index contributed by atoms with van der Waals surface area (Å²) in [6.07, 6.45) is 0.686. The van der Waals surface area contributed by atoms with Crippen molar-refractivity contribution in [2.45, 2.75) is 58.7 Å². The number of rotatable bonds is 6. The van der Waals surface area contributed by atoms with Crippen LogP contribution in [0.4, 0.5) is 4.79 Å². The lowest BCUT2D eigenvalue weighted by atomic mass is 10.00. The Labute approximate surface area is 175 Å². The van der Waals surface area contributed by atoms with Gasteiger partial charge in [-0.05, 0) is 52.2 Å². The third-order valence-electron chi connectivity index (χ3n) is 4.69. The van der Waals surface area contributed by atoms with Crippen molar-refractivity contribution >= 4 is 12.1 Å². The molecule has 1 aliphatic rings. The van der Waals surface area contributed by atoms with E-state index in [0.29, 0.717) is 6.54 Å². The van der Waals surface area contributed by atoms with Crippen molar-refractivity contribution in [2.24, 2.45) is 4.99 Å². The van der Waals surface area contributed by atoms with E-state index in [-0.39, 0.29) is 0 Å². The Bertz CT molecular complexity index is 709. The van der Waals surface area contributed by atoms with E-state index in [1.807, 2.05) is 34.6 Å². The summed E-state index contributed by atoms with van der Waals surface area (Å²) in [6, 6.07) is 8.67. The van der Waals surface area contributed by atoms with Crippen LogP contribution in [0.2, 0.25) is 0 Å². The van der Waals surface area contributed by atoms with Crippen LogP contribution < -0.4 is 16.0 Å². The van der Waals surface area contributed by atoms with Gasteiger partial charge in [0.1, 0.15) is 5.60 Å². The monoisotopic (exact) mass is 403 g/mol. The molecular weight excluding hydrogens is 366 g/mol. The molecule has 0 bridgehead atoms. The third-order valence-corrected chi connectivity index (χ3v) is 4.69. The molecule has 0 atom stereocenters. The van der Waals surface area contributed by atoms with Crippen molar-refractivity contribution in [3.8, 4) is 0 Å². The molecule has 1 aromatic carbocycles. The Balaban J connectivity index is 1.72. The maximum absolute atomic E-state index is 12.0. The molecule has 1 aromatic rings. The summed E-state index contributed by atoms with van der Waals surface area (Å²) in [5, 5.41) is 9.53. The lowest BCUT2D eigenvalue weighted by Crippen LogP contribution is -2.54. The SMILES string of the molecule is CN=C(NCCN1CCc2ccccc2C1)NCC(C)(C)NC(=O)OC(C)(C)C. The number of guanidine groups is 1. The molecule has 0 spiro atoms. The summed E-state index contributed by atoms with van der Waals surface area (Å²) >= 11 is 0. The largest absolute Gasteiger partial charge is 0.444 e. The molecule has 29 heavy (non-hydrogen) atoms. The Kier molecular flexibility index (Phi) is 7.90. The van der Waals surface area contributed by atoms with Gasteiger partial charge >= 0.3 is 6.09 Å². The first kappa shape index (κ1) is 23.0. The van der Waals surface area contributed by atoms with Gasteiger partial charge in [-0.1, -0.05) is 24.3 Å². The minimum absolute atomic E-state index is 0.419. The first-order valence-electron chi connectivity index (χ1n) is 10.3. The summed E-state index contributed by atoms with van der Waals surface area (Å²) in [7, 11) is 1.75. The maximum Gasteiger partial charge on any atom is 0.408 e. The van der Waals surface area contributed by atoms with E-state index in [1.54, 1.807) is 7.05 Å². The molecule has 162 valence electrons. The lowest BCUT2D eigenvalue weighted by Gasteiger charge is -2.30. The highest BCUT2D eigenvalue weighted by Crippen LogP contribution is 2.17. The minimum Gasteiger partial charge on any atom is -0.444 e. The Morgan fingerprint density at radius 1 is 1.14 bits per heavy atom.